The number of hydrogen-bond donors (Lipinski definition) is 1. The quantitative estimate of drug-likeness (QED) is 0.529. The number of urea groups is 1. The molecular formula is C26H29FN4O2. The highest BCUT2D eigenvalue weighted by Crippen LogP contribution is 2.37. The van der Waals surface area contributed by atoms with Gasteiger partial charge in [-0.1, -0.05) is 18.7 Å². The predicted molar refractivity (Wildman–Crippen MR) is 127 cm³/mol. The van der Waals surface area contributed by atoms with Gasteiger partial charge < -0.3 is 14.6 Å². The number of carbonyl (C=O) groups excluding carboxylic acids is 1. The summed E-state index contributed by atoms with van der Waals surface area (Å²) in [4.78, 5) is 24.6. The zero-order chi connectivity index (χ0) is 23.3. The van der Waals surface area contributed by atoms with Crippen LogP contribution in [0.2, 0.25) is 0 Å². The smallest absolute Gasteiger partial charge is 0.324 e. The van der Waals surface area contributed by atoms with Crippen molar-refractivity contribution in [3.63, 3.8) is 0 Å². The molecule has 1 N–H and O–H groups in total. The number of aromatic amines is 1. The van der Waals surface area contributed by atoms with Gasteiger partial charge in [0.05, 0.1) is 24.1 Å². The van der Waals surface area contributed by atoms with E-state index in [0.29, 0.717) is 31.8 Å². The number of likely N-dealkylation sites (tertiary alicyclic amines) is 1. The lowest BCUT2D eigenvalue weighted by Gasteiger charge is -2.42. The zero-order valence-corrected chi connectivity index (χ0v) is 19.3. The second kappa shape index (κ2) is 7.90. The van der Waals surface area contributed by atoms with Crippen LogP contribution in [0.15, 0.2) is 48.7 Å². The van der Waals surface area contributed by atoms with Crippen LogP contribution in [-0.2, 0) is 6.54 Å². The molecule has 0 spiro atoms. The lowest BCUT2D eigenvalue weighted by molar-refractivity contribution is 0.0702. The van der Waals surface area contributed by atoms with Crippen LogP contribution in [0.5, 0.6) is 5.75 Å². The number of ether oxygens (including phenoxy) is 1. The minimum Gasteiger partial charge on any atom is -0.491 e. The van der Waals surface area contributed by atoms with Crippen molar-refractivity contribution in [2.75, 3.05) is 13.2 Å². The van der Waals surface area contributed by atoms with Gasteiger partial charge in [0.2, 0.25) is 0 Å². The Bertz CT molecular complexity index is 1250. The third-order valence-corrected chi connectivity index (χ3v) is 6.53. The zero-order valence-electron chi connectivity index (χ0n) is 19.3. The summed E-state index contributed by atoms with van der Waals surface area (Å²) in [5.41, 5.74) is 4.19. The molecule has 1 saturated heterocycles. The molecule has 1 aromatic heterocycles. The van der Waals surface area contributed by atoms with E-state index >= 15 is 0 Å². The monoisotopic (exact) mass is 448 g/mol. The summed E-state index contributed by atoms with van der Waals surface area (Å²) in [6, 6.07) is 11.9. The molecule has 2 aliphatic rings. The molecule has 7 heteroatoms. The summed E-state index contributed by atoms with van der Waals surface area (Å²) in [5.74, 6) is 1.67. The number of fused-ring (bicyclic) bond motifs is 2. The Morgan fingerprint density at radius 1 is 1.27 bits per heavy atom. The van der Waals surface area contributed by atoms with Crippen molar-refractivity contribution in [2.45, 2.75) is 51.9 Å². The van der Waals surface area contributed by atoms with E-state index in [2.05, 4.69) is 34.7 Å². The summed E-state index contributed by atoms with van der Waals surface area (Å²) in [6.45, 7) is 10.7. The van der Waals surface area contributed by atoms with Crippen molar-refractivity contribution in [2.24, 2.45) is 0 Å². The normalized spacial score (nSPS) is 23.3. The number of aromatic nitrogens is 2. The number of hydrogen-bond acceptors (Lipinski definition) is 3. The molecule has 3 aromatic rings. The molecule has 2 amide bonds. The van der Waals surface area contributed by atoms with Crippen LogP contribution < -0.4 is 4.74 Å². The van der Waals surface area contributed by atoms with Gasteiger partial charge in [-0.2, -0.15) is 0 Å². The van der Waals surface area contributed by atoms with Crippen LogP contribution >= 0.6 is 0 Å². The number of carbonyl (C=O) groups is 1. The fraction of sp³-hybridized carbons (Fsp3) is 0.385. The van der Waals surface area contributed by atoms with Crippen LogP contribution in [0.25, 0.3) is 22.2 Å². The number of nitrogens with zero attached hydrogens (tertiary/aromatic N) is 3. The first-order valence-electron chi connectivity index (χ1n) is 11.4. The summed E-state index contributed by atoms with van der Waals surface area (Å²) in [7, 11) is 0. The number of H-pyrrole nitrogens is 1. The number of aryl methyl sites for hydroxylation is 1. The number of nitrogens with one attached hydrogen (secondary N) is 1. The van der Waals surface area contributed by atoms with Crippen molar-refractivity contribution in [1.29, 1.82) is 0 Å². The van der Waals surface area contributed by atoms with Crippen LogP contribution in [0.4, 0.5) is 9.18 Å². The molecule has 5 rings (SSSR count). The highest BCUT2D eigenvalue weighted by molar-refractivity contribution is 5.82. The Kier molecular flexibility index (Phi) is 5.15. The highest BCUT2D eigenvalue weighted by Gasteiger charge is 2.40. The topological polar surface area (TPSA) is 61.5 Å². The van der Waals surface area contributed by atoms with Gasteiger partial charge in [0.25, 0.3) is 0 Å². The summed E-state index contributed by atoms with van der Waals surface area (Å²) >= 11 is 0. The molecule has 2 aliphatic heterocycles. The predicted octanol–water partition coefficient (Wildman–Crippen LogP) is 5.58. The molecule has 1 fully saturated rings. The lowest BCUT2D eigenvalue weighted by atomic mass is 9.88. The van der Waals surface area contributed by atoms with Gasteiger partial charge in [-0.05, 0) is 56.2 Å². The van der Waals surface area contributed by atoms with Gasteiger partial charge in [0.1, 0.15) is 23.8 Å². The molecule has 33 heavy (non-hydrogen) atoms. The van der Waals surface area contributed by atoms with E-state index in [-0.39, 0.29) is 18.5 Å². The summed E-state index contributed by atoms with van der Waals surface area (Å²) in [6.07, 6.45) is 0.474. The largest absolute Gasteiger partial charge is 0.491 e. The van der Waals surface area contributed by atoms with Crippen molar-refractivity contribution >= 4 is 17.1 Å². The van der Waals surface area contributed by atoms with Crippen molar-refractivity contribution in [3.05, 3.63) is 60.1 Å². The van der Waals surface area contributed by atoms with Crippen LogP contribution in [-0.4, -0.2) is 50.7 Å². The maximum absolute atomic E-state index is 14.6. The number of rotatable bonds is 1. The number of amides is 2. The molecule has 0 radical (unpaired) electrons. The van der Waals surface area contributed by atoms with Gasteiger partial charge in [-0.3, -0.25) is 4.90 Å². The average Bonchev–Trinajstić information content (AvgIpc) is 2.97. The van der Waals surface area contributed by atoms with Crippen molar-refractivity contribution in [1.82, 2.24) is 19.8 Å². The molecule has 172 valence electrons. The second-order valence-corrected chi connectivity index (χ2v) is 9.51. The Labute approximate surface area is 193 Å². The van der Waals surface area contributed by atoms with E-state index in [1.54, 1.807) is 16.7 Å². The van der Waals surface area contributed by atoms with E-state index in [1.165, 1.54) is 0 Å². The van der Waals surface area contributed by atoms with Gasteiger partial charge in [-0.15, -0.1) is 0 Å². The minimum atomic E-state index is -1.33. The summed E-state index contributed by atoms with van der Waals surface area (Å²) in [5, 5.41) is 0. The Morgan fingerprint density at radius 3 is 2.82 bits per heavy atom. The van der Waals surface area contributed by atoms with E-state index in [9.17, 15) is 9.18 Å². The van der Waals surface area contributed by atoms with Gasteiger partial charge in [0, 0.05) is 30.1 Å². The van der Waals surface area contributed by atoms with Crippen molar-refractivity contribution in [3.8, 4) is 16.9 Å². The Hall–Kier alpha value is -3.35. The number of halogens is 1. The fourth-order valence-corrected chi connectivity index (χ4v) is 5.13. The van der Waals surface area contributed by atoms with Crippen molar-refractivity contribution < 1.29 is 13.9 Å². The maximum Gasteiger partial charge on any atom is 0.324 e. The molecule has 2 aromatic carbocycles. The van der Waals surface area contributed by atoms with E-state index in [0.717, 1.165) is 39.3 Å². The van der Waals surface area contributed by atoms with E-state index in [4.69, 9.17) is 4.74 Å². The number of imidazole rings is 1. The molecule has 0 aliphatic carbocycles. The van der Waals surface area contributed by atoms with Gasteiger partial charge in [0.15, 0.2) is 0 Å². The fourth-order valence-electron chi connectivity index (χ4n) is 5.13. The lowest BCUT2D eigenvalue weighted by Crippen LogP contribution is -2.52. The second-order valence-electron chi connectivity index (χ2n) is 9.51. The maximum atomic E-state index is 14.6. The van der Waals surface area contributed by atoms with Crippen LogP contribution in [0, 0.1) is 6.92 Å². The number of alkyl halides is 1. The molecular weight excluding hydrogens is 419 g/mol. The van der Waals surface area contributed by atoms with E-state index in [1.807, 2.05) is 32.0 Å². The molecule has 6 nitrogen and oxygen atoms in total. The molecule has 0 saturated carbocycles. The average molecular weight is 449 g/mol. The minimum absolute atomic E-state index is 0.140. The first-order valence-corrected chi connectivity index (χ1v) is 11.4. The van der Waals surface area contributed by atoms with E-state index < -0.39 is 5.67 Å². The Balaban J connectivity index is 1.42. The number of allylic oxidation sites excluding steroid dienone is 1. The standard InChI is InChI=1S/C26H29FN4O2/c1-16-13-26(4,27)14-17(2)31(16)25(32)30-9-10-33-24-8-6-19(11-21(24)15-30)20-5-7-22-23(12-20)29-18(3)28-22/h5-8,11-12,17H,1,9-10,13-15H2,2-4H3,(H,28,29). The number of piperidine rings is 1. The first-order chi connectivity index (χ1) is 15.7. The molecule has 2 atom stereocenters. The Morgan fingerprint density at radius 2 is 2.03 bits per heavy atom. The van der Waals surface area contributed by atoms with Gasteiger partial charge >= 0.3 is 6.03 Å². The highest BCUT2D eigenvalue weighted by atomic mass is 19.1. The molecule has 0 bridgehead atoms. The first kappa shape index (κ1) is 21.5. The summed E-state index contributed by atoms with van der Waals surface area (Å²) < 4.78 is 20.5. The van der Waals surface area contributed by atoms with Crippen LogP contribution in [0.3, 0.4) is 0 Å². The SMILES string of the molecule is C=C1CC(C)(F)CC(C)N1C(=O)N1CCOc2ccc(-c3ccc4nc(C)[nH]c4c3)cc2C1. The number of benzene rings is 2. The third kappa shape index (κ3) is 4.08. The van der Waals surface area contributed by atoms with Crippen LogP contribution in [0.1, 0.15) is 38.1 Å². The molecule has 3 heterocycles. The van der Waals surface area contributed by atoms with Gasteiger partial charge in [-0.25, -0.2) is 14.2 Å². The third-order valence-electron chi connectivity index (χ3n) is 6.53. The molecule has 2 unspecified atom stereocenters.